The van der Waals surface area contributed by atoms with E-state index in [1.807, 2.05) is 54.6 Å². The van der Waals surface area contributed by atoms with Gasteiger partial charge in [0.1, 0.15) is 6.04 Å². The minimum atomic E-state index is -0.683. The van der Waals surface area contributed by atoms with Gasteiger partial charge in [-0.3, -0.25) is 9.59 Å². The first-order valence-electron chi connectivity index (χ1n) is 12.7. The largest absolute Gasteiger partial charge is 0.352 e. The molecule has 1 atom stereocenters. The average Bonchev–Trinajstić information content (AvgIpc) is 2.89. The fraction of sp³-hybridized carbons (Fsp3) is 0.333. The van der Waals surface area contributed by atoms with Gasteiger partial charge in [0.2, 0.25) is 11.8 Å². The van der Waals surface area contributed by atoms with Crippen LogP contribution in [0.1, 0.15) is 48.8 Å². The number of nitrogens with one attached hydrogen (secondary N) is 1. The van der Waals surface area contributed by atoms with Crippen LogP contribution in [0.3, 0.4) is 0 Å². The van der Waals surface area contributed by atoms with E-state index in [9.17, 15) is 9.59 Å². The average molecular weight is 602 g/mol. The molecule has 1 fully saturated rings. The SMILES string of the molecule is O=C(NC1CCCCC1)[C@@H](Cc1ccccc1)N(Cc1cccc(Br)c1)C(=O)Cc1c(Cl)cccc1Cl. The normalized spacial score (nSPS) is 14.7. The van der Waals surface area contributed by atoms with Crippen LogP contribution in [-0.2, 0) is 29.0 Å². The van der Waals surface area contributed by atoms with Crippen molar-refractivity contribution in [3.05, 3.63) is 104 Å². The highest BCUT2D eigenvalue weighted by Crippen LogP contribution is 2.27. The minimum Gasteiger partial charge on any atom is -0.352 e. The van der Waals surface area contributed by atoms with Crippen LogP contribution in [0.25, 0.3) is 0 Å². The summed E-state index contributed by atoms with van der Waals surface area (Å²) in [6.45, 7) is 0.288. The molecule has 3 aromatic carbocycles. The summed E-state index contributed by atoms with van der Waals surface area (Å²) >= 11 is 16.4. The summed E-state index contributed by atoms with van der Waals surface area (Å²) in [5.41, 5.74) is 2.49. The van der Waals surface area contributed by atoms with E-state index in [4.69, 9.17) is 23.2 Å². The number of benzene rings is 3. The zero-order valence-corrected chi connectivity index (χ0v) is 23.7. The van der Waals surface area contributed by atoms with Crippen LogP contribution < -0.4 is 5.32 Å². The fourth-order valence-corrected chi connectivity index (χ4v) is 5.86. The van der Waals surface area contributed by atoms with Crippen molar-refractivity contribution in [1.29, 1.82) is 0 Å². The number of nitrogens with zero attached hydrogens (tertiary/aromatic N) is 1. The lowest BCUT2D eigenvalue weighted by Gasteiger charge is -2.33. The van der Waals surface area contributed by atoms with Gasteiger partial charge in [0.05, 0.1) is 6.42 Å². The van der Waals surface area contributed by atoms with Crippen molar-refractivity contribution < 1.29 is 9.59 Å². The summed E-state index contributed by atoms with van der Waals surface area (Å²) in [6, 6.07) is 22.3. The second kappa shape index (κ2) is 13.5. The van der Waals surface area contributed by atoms with Gasteiger partial charge in [-0.15, -0.1) is 0 Å². The molecule has 194 valence electrons. The molecule has 0 aromatic heterocycles. The summed E-state index contributed by atoms with van der Waals surface area (Å²) in [5, 5.41) is 4.14. The van der Waals surface area contributed by atoms with Crippen molar-refractivity contribution in [2.45, 2.75) is 63.6 Å². The first-order valence-corrected chi connectivity index (χ1v) is 14.3. The lowest BCUT2D eigenvalue weighted by atomic mass is 9.94. The molecule has 2 amide bonds. The van der Waals surface area contributed by atoms with Crippen LogP contribution in [0, 0.1) is 0 Å². The van der Waals surface area contributed by atoms with E-state index >= 15 is 0 Å². The van der Waals surface area contributed by atoms with Crippen LogP contribution in [0.2, 0.25) is 10.0 Å². The number of amides is 2. The molecule has 0 radical (unpaired) electrons. The van der Waals surface area contributed by atoms with Gasteiger partial charge in [0.15, 0.2) is 0 Å². The van der Waals surface area contributed by atoms with Gasteiger partial charge in [-0.05, 0) is 53.8 Å². The van der Waals surface area contributed by atoms with Crippen molar-refractivity contribution in [3.63, 3.8) is 0 Å². The molecule has 0 unspecified atom stereocenters. The molecule has 0 bridgehead atoms. The van der Waals surface area contributed by atoms with Crippen LogP contribution in [0.15, 0.2) is 77.3 Å². The maximum Gasteiger partial charge on any atom is 0.243 e. The number of rotatable bonds is 9. The van der Waals surface area contributed by atoms with E-state index in [1.54, 1.807) is 23.1 Å². The molecule has 0 aliphatic heterocycles. The van der Waals surface area contributed by atoms with Crippen molar-refractivity contribution in [3.8, 4) is 0 Å². The molecule has 1 saturated carbocycles. The molecule has 1 aliphatic carbocycles. The van der Waals surface area contributed by atoms with Gasteiger partial charge < -0.3 is 10.2 Å². The highest BCUT2D eigenvalue weighted by molar-refractivity contribution is 9.10. The van der Waals surface area contributed by atoms with Crippen LogP contribution in [0.4, 0.5) is 0 Å². The second-order valence-electron chi connectivity index (χ2n) is 9.58. The van der Waals surface area contributed by atoms with Gasteiger partial charge in [0, 0.05) is 33.5 Å². The third-order valence-electron chi connectivity index (χ3n) is 6.85. The molecule has 1 aliphatic rings. The highest BCUT2D eigenvalue weighted by atomic mass is 79.9. The lowest BCUT2D eigenvalue weighted by molar-refractivity contribution is -0.141. The van der Waals surface area contributed by atoms with E-state index in [0.29, 0.717) is 22.0 Å². The molecular formula is C30H31BrCl2N2O2. The van der Waals surface area contributed by atoms with Crippen LogP contribution >= 0.6 is 39.1 Å². The fourth-order valence-electron chi connectivity index (χ4n) is 4.88. The zero-order valence-electron chi connectivity index (χ0n) is 20.6. The Bertz CT molecular complexity index is 1190. The molecule has 0 saturated heterocycles. The summed E-state index contributed by atoms with van der Waals surface area (Å²) < 4.78 is 0.915. The maximum atomic E-state index is 14.0. The van der Waals surface area contributed by atoms with Crippen molar-refractivity contribution in [2.75, 3.05) is 0 Å². The monoisotopic (exact) mass is 600 g/mol. The standard InChI is InChI=1S/C30H31BrCl2N2O2/c31-23-12-7-11-22(17-23)20-35(29(36)19-25-26(32)15-8-16-27(25)33)28(18-21-9-3-1-4-10-21)30(37)34-24-13-5-2-6-14-24/h1,3-4,7-12,15-17,24,28H,2,5-6,13-14,18-20H2,(H,34,37)/t28-/m1/s1. The Morgan fingerprint density at radius 2 is 1.54 bits per heavy atom. The molecule has 3 aromatic rings. The lowest BCUT2D eigenvalue weighted by Crippen LogP contribution is -2.53. The zero-order chi connectivity index (χ0) is 26.2. The quantitative estimate of drug-likeness (QED) is 0.278. The number of halogens is 3. The van der Waals surface area contributed by atoms with Gasteiger partial charge in [0.25, 0.3) is 0 Å². The molecule has 4 rings (SSSR count). The van der Waals surface area contributed by atoms with E-state index in [-0.39, 0.29) is 30.8 Å². The topological polar surface area (TPSA) is 49.4 Å². The molecule has 7 heteroatoms. The van der Waals surface area contributed by atoms with Gasteiger partial charge in [-0.1, -0.05) is 107 Å². The van der Waals surface area contributed by atoms with Gasteiger partial charge >= 0.3 is 0 Å². The number of hydrogen-bond acceptors (Lipinski definition) is 2. The Labute approximate surface area is 237 Å². The van der Waals surface area contributed by atoms with E-state index in [2.05, 4.69) is 21.2 Å². The Morgan fingerprint density at radius 1 is 0.892 bits per heavy atom. The van der Waals surface area contributed by atoms with Crippen LogP contribution in [-0.4, -0.2) is 28.8 Å². The summed E-state index contributed by atoms with van der Waals surface area (Å²) in [7, 11) is 0. The Hall–Kier alpha value is -2.34. The first kappa shape index (κ1) is 27.7. The van der Waals surface area contributed by atoms with Gasteiger partial charge in [-0.2, -0.15) is 0 Å². The number of hydrogen-bond donors (Lipinski definition) is 1. The van der Waals surface area contributed by atoms with Gasteiger partial charge in [-0.25, -0.2) is 0 Å². The van der Waals surface area contributed by atoms with E-state index in [1.165, 1.54) is 6.42 Å². The second-order valence-corrected chi connectivity index (χ2v) is 11.3. The van der Waals surface area contributed by atoms with Crippen molar-refractivity contribution >= 4 is 50.9 Å². The smallest absolute Gasteiger partial charge is 0.243 e. The maximum absolute atomic E-state index is 14.0. The Kier molecular flexibility index (Phi) is 10.1. The van der Waals surface area contributed by atoms with Crippen molar-refractivity contribution in [2.24, 2.45) is 0 Å². The predicted octanol–water partition coefficient (Wildman–Crippen LogP) is 7.39. The highest BCUT2D eigenvalue weighted by Gasteiger charge is 2.32. The minimum absolute atomic E-state index is 0.00844. The van der Waals surface area contributed by atoms with E-state index < -0.39 is 6.04 Å². The number of carbonyl (C=O) groups excluding carboxylic acids is 2. The third kappa shape index (κ3) is 7.83. The molecule has 0 heterocycles. The number of carbonyl (C=O) groups is 2. The van der Waals surface area contributed by atoms with Crippen molar-refractivity contribution in [1.82, 2.24) is 10.2 Å². The summed E-state index contributed by atoms with van der Waals surface area (Å²) in [6.07, 6.45) is 5.78. The van der Waals surface area contributed by atoms with E-state index in [0.717, 1.165) is 41.3 Å². The predicted molar refractivity (Wildman–Crippen MR) is 154 cm³/mol. The molecule has 37 heavy (non-hydrogen) atoms. The van der Waals surface area contributed by atoms with Crippen LogP contribution in [0.5, 0.6) is 0 Å². The third-order valence-corrected chi connectivity index (χ3v) is 8.06. The Morgan fingerprint density at radius 3 is 2.22 bits per heavy atom. The molecule has 1 N–H and O–H groups in total. The molecular weight excluding hydrogens is 571 g/mol. The first-order chi connectivity index (χ1) is 17.9. The molecule has 0 spiro atoms. The summed E-state index contributed by atoms with van der Waals surface area (Å²) in [4.78, 5) is 29.5. The summed E-state index contributed by atoms with van der Waals surface area (Å²) in [5.74, 6) is -0.320. The Balaban J connectivity index is 1.68. The molecule has 4 nitrogen and oxygen atoms in total.